The van der Waals surface area contributed by atoms with E-state index in [9.17, 15) is 9.59 Å². The fourth-order valence-electron chi connectivity index (χ4n) is 2.92. The van der Waals surface area contributed by atoms with Gasteiger partial charge in [-0.2, -0.15) is 0 Å². The summed E-state index contributed by atoms with van der Waals surface area (Å²) in [5, 5.41) is 0. The Bertz CT molecular complexity index is 728. The van der Waals surface area contributed by atoms with Gasteiger partial charge in [0.1, 0.15) is 0 Å². The second-order valence-corrected chi connectivity index (χ2v) is 7.77. The molecule has 0 saturated carbocycles. The predicted octanol–water partition coefficient (Wildman–Crippen LogP) is 4.05. The summed E-state index contributed by atoms with van der Waals surface area (Å²) in [7, 11) is 0. The molecule has 4 heteroatoms. The van der Waals surface area contributed by atoms with Crippen molar-refractivity contribution in [2.75, 3.05) is 11.5 Å². The van der Waals surface area contributed by atoms with Crippen LogP contribution < -0.4 is 0 Å². The Balaban J connectivity index is 1.63. The van der Waals surface area contributed by atoms with Gasteiger partial charge in [-0.1, -0.05) is 0 Å². The van der Waals surface area contributed by atoms with E-state index in [1.165, 1.54) is 20.9 Å². The molecule has 2 aromatic rings. The number of carbonyl (C=O) groups excluding carboxylic acids is 2. The maximum atomic E-state index is 12.5. The van der Waals surface area contributed by atoms with E-state index in [-0.39, 0.29) is 0 Å². The van der Waals surface area contributed by atoms with Gasteiger partial charge < -0.3 is 0 Å². The van der Waals surface area contributed by atoms with Gasteiger partial charge in [-0.15, -0.1) is 23.5 Å². The Morgan fingerprint density at radius 1 is 0.727 bits per heavy atom. The number of hydrogen-bond donors (Lipinski definition) is 0. The summed E-state index contributed by atoms with van der Waals surface area (Å²) in [6.07, 6.45) is 1.96. The molecule has 0 atom stereocenters. The van der Waals surface area contributed by atoms with E-state index in [1.807, 2.05) is 47.8 Å². The first-order valence-corrected chi connectivity index (χ1v) is 9.30. The molecule has 0 bridgehead atoms. The van der Waals surface area contributed by atoms with Crippen LogP contribution in [0.3, 0.4) is 0 Å². The lowest BCUT2D eigenvalue weighted by Gasteiger charge is -2.05. The molecule has 0 amide bonds. The van der Waals surface area contributed by atoms with Crippen molar-refractivity contribution >= 4 is 35.1 Å². The van der Waals surface area contributed by atoms with Crippen LogP contribution in [0.2, 0.25) is 0 Å². The molecule has 22 heavy (non-hydrogen) atoms. The van der Waals surface area contributed by atoms with Gasteiger partial charge in [0.05, 0.1) is 0 Å². The molecule has 0 unspecified atom stereocenters. The predicted molar refractivity (Wildman–Crippen MR) is 90.4 cm³/mol. The van der Waals surface area contributed by atoms with Gasteiger partial charge in [-0.05, 0) is 60.4 Å². The number of hydrogen-bond acceptors (Lipinski definition) is 4. The van der Waals surface area contributed by atoms with Crippen LogP contribution in [0, 0.1) is 0 Å². The van der Waals surface area contributed by atoms with Crippen molar-refractivity contribution < 1.29 is 9.59 Å². The summed E-state index contributed by atoms with van der Waals surface area (Å²) in [5.41, 5.74) is 3.41. The molecule has 0 N–H and O–H groups in total. The molecular formula is C18H14O2S2. The van der Waals surface area contributed by atoms with Crippen LogP contribution in [0.4, 0.5) is 0 Å². The summed E-state index contributed by atoms with van der Waals surface area (Å²) >= 11 is 3.62. The number of ketones is 2. The third-order valence-corrected chi connectivity index (χ3v) is 6.34. The molecule has 2 aliphatic rings. The summed E-state index contributed by atoms with van der Waals surface area (Å²) < 4.78 is 0. The van der Waals surface area contributed by atoms with Gasteiger partial charge >= 0.3 is 0 Å². The van der Waals surface area contributed by atoms with Gasteiger partial charge in [0.15, 0.2) is 0 Å². The van der Waals surface area contributed by atoms with Crippen molar-refractivity contribution in [3.05, 3.63) is 58.7 Å². The minimum atomic E-state index is -0.398. The van der Waals surface area contributed by atoms with Crippen LogP contribution in [0.5, 0.6) is 0 Å². The van der Waals surface area contributed by atoms with Gasteiger partial charge in [0.25, 0.3) is 0 Å². The zero-order valence-corrected chi connectivity index (χ0v) is 13.6. The third kappa shape index (κ3) is 2.40. The van der Waals surface area contributed by atoms with E-state index >= 15 is 0 Å². The Morgan fingerprint density at radius 2 is 1.18 bits per heavy atom. The Hall–Kier alpha value is -1.52. The van der Waals surface area contributed by atoms with Gasteiger partial charge in [0.2, 0.25) is 11.6 Å². The third-order valence-electron chi connectivity index (χ3n) is 4.11. The lowest BCUT2D eigenvalue weighted by atomic mass is 9.98. The molecule has 0 spiro atoms. The fraction of sp³-hybridized carbons (Fsp3) is 0.222. The lowest BCUT2D eigenvalue weighted by molar-refractivity contribution is 0.0817. The molecule has 0 radical (unpaired) electrons. The first-order valence-electron chi connectivity index (χ1n) is 7.33. The van der Waals surface area contributed by atoms with Crippen LogP contribution >= 0.6 is 23.5 Å². The fourth-order valence-corrected chi connectivity index (χ4v) is 5.02. The number of aryl methyl sites for hydroxylation is 2. The molecule has 0 aliphatic carbocycles. The standard InChI is InChI=1S/C18H14O2S2/c19-17(13-1-3-15-11(9-13)5-7-21-15)18(20)14-2-4-16-12(10-14)6-8-22-16/h1-4,9-10H,5-8H2. The van der Waals surface area contributed by atoms with Crippen molar-refractivity contribution in [1.82, 2.24) is 0 Å². The maximum absolute atomic E-state index is 12.5. The maximum Gasteiger partial charge on any atom is 0.233 e. The van der Waals surface area contributed by atoms with Crippen LogP contribution in [0.25, 0.3) is 0 Å². The van der Waals surface area contributed by atoms with E-state index in [2.05, 4.69) is 0 Å². The summed E-state index contributed by atoms with van der Waals surface area (Å²) in [6, 6.07) is 11.3. The van der Waals surface area contributed by atoms with Crippen molar-refractivity contribution in [2.45, 2.75) is 22.6 Å². The number of Topliss-reactive ketones (excluding diaryl/α,β-unsaturated/α-hetero) is 2. The number of fused-ring (bicyclic) bond motifs is 2. The van der Waals surface area contributed by atoms with Gasteiger partial charge in [0, 0.05) is 32.4 Å². The largest absolute Gasteiger partial charge is 0.285 e. The average Bonchev–Trinajstić information content (AvgIpc) is 3.20. The number of rotatable bonds is 3. The molecular weight excluding hydrogens is 312 g/mol. The first-order chi connectivity index (χ1) is 10.7. The molecule has 0 saturated heterocycles. The molecule has 2 aliphatic heterocycles. The molecule has 0 fully saturated rings. The normalized spacial score (nSPS) is 15.5. The Morgan fingerprint density at radius 3 is 1.64 bits per heavy atom. The monoisotopic (exact) mass is 326 g/mol. The van der Waals surface area contributed by atoms with Crippen molar-refractivity contribution in [3.8, 4) is 0 Å². The second-order valence-electron chi connectivity index (χ2n) is 5.50. The van der Waals surface area contributed by atoms with Gasteiger partial charge in [-0.25, -0.2) is 0 Å². The smallest absolute Gasteiger partial charge is 0.233 e. The second kappa shape index (κ2) is 5.60. The Labute approximate surface area is 137 Å². The molecule has 2 aromatic carbocycles. The molecule has 2 nitrogen and oxygen atoms in total. The lowest BCUT2D eigenvalue weighted by Crippen LogP contribution is -2.15. The Kier molecular flexibility index (Phi) is 3.59. The number of benzene rings is 2. The first kappa shape index (κ1) is 14.1. The molecule has 4 rings (SSSR count). The van der Waals surface area contributed by atoms with Crippen molar-refractivity contribution in [1.29, 1.82) is 0 Å². The average molecular weight is 326 g/mol. The highest BCUT2D eigenvalue weighted by molar-refractivity contribution is 7.99. The van der Waals surface area contributed by atoms with E-state index < -0.39 is 11.6 Å². The summed E-state index contributed by atoms with van der Waals surface area (Å²) in [6.45, 7) is 0. The van der Waals surface area contributed by atoms with E-state index in [0.717, 1.165) is 24.3 Å². The van der Waals surface area contributed by atoms with Crippen LogP contribution in [-0.4, -0.2) is 23.1 Å². The van der Waals surface area contributed by atoms with E-state index in [1.54, 1.807) is 12.1 Å². The van der Waals surface area contributed by atoms with E-state index in [4.69, 9.17) is 0 Å². The highest BCUT2D eigenvalue weighted by Crippen LogP contribution is 2.33. The minimum Gasteiger partial charge on any atom is -0.285 e. The van der Waals surface area contributed by atoms with Crippen molar-refractivity contribution in [2.24, 2.45) is 0 Å². The highest BCUT2D eigenvalue weighted by Gasteiger charge is 2.22. The van der Waals surface area contributed by atoms with Gasteiger partial charge in [-0.3, -0.25) is 9.59 Å². The molecule has 110 valence electrons. The number of carbonyl (C=O) groups is 2. The van der Waals surface area contributed by atoms with E-state index in [0.29, 0.717) is 11.1 Å². The minimum absolute atomic E-state index is 0.398. The van der Waals surface area contributed by atoms with Crippen LogP contribution in [0.1, 0.15) is 31.8 Å². The highest BCUT2D eigenvalue weighted by atomic mass is 32.2. The summed E-state index contributed by atoms with van der Waals surface area (Å²) in [4.78, 5) is 27.4. The molecule has 0 aromatic heterocycles. The number of thioether (sulfide) groups is 2. The van der Waals surface area contributed by atoms with Crippen molar-refractivity contribution in [3.63, 3.8) is 0 Å². The van der Waals surface area contributed by atoms with Crippen LogP contribution in [0.15, 0.2) is 46.2 Å². The molecule has 2 heterocycles. The zero-order chi connectivity index (χ0) is 15.1. The summed E-state index contributed by atoms with van der Waals surface area (Å²) in [5.74, 6) is 1.32. The zero-order valence-electron chi connectivity index (χ0n) is 11.9. The van der Waals surface area contributed by atoms with Crippen LogP contribution in [-0.2, 0) is 12.8 Å². The quantitative estimate of drug-likeness (QED) is 0.629. The SMILES string of the molecule is O=C(C(=O)c1ccc2c(c1)CCS2)c1ccc2c(c1)CCS2. The topological polar surface area (TPSA) is 34.1 Å².